The number of fused-ring (bicyclic) bond motifs is 1. The summed E-state index contributed by atoms with van der Waals surface area (Å²) in [5.41, 5.74) is 1.84. The van der Waals surface area contributed by atoms with Crippen molar-refractivity contribution in [2.75, 3.05) is 26.1 Å². The van der Waals surface area contributed by atoms with Crippen LogP contribution in [0.4, 0.5) is 19.0 Å². The molecule has 2 aromatic carbocycles. The minimum Gasteiger partial charge on any atom is -0.496 e. The smallest absolute Gasteiger partial charge is 0.416 e. The van der Waals surface area contributed by atoms with E-state index in [9.17, 15) is 13.2 Å². The van der Waals surface area contributed by atoms with Crippen LogP contribution in [0.25, 0.3) is 16.9 Å². The van der Waals surface area contributed by atoms with E-state index in [-0.39, 0.29) is 0 Å². The zero-order valence-corrected chi connectivity index (χ0v) is 15.3. The summed E-state index contributed by atoms with van der Waals surface area (Å²) in [5, 5.41) is 7.87. The van der Waals surface area contributed by atoms with Crippen LogP contribution in [0.3, 0.4) is 0 Å². The molecule has 0 saturated carbocycles. The molecule has 4 rings (SSSR count). The zero-order valence-electron chi connectivity index (χ0n) is 15.3. The van der Waals surface area contributed by atoms with Gasteiger partial charge in [0.2, 0.25) is 0 Å². The second kappa shape index (κ2) is 6.78. The average Bonchev–Trinajstić information content (AvgIpc) is 3.29. The van der Waals surface area contributed by atoms with Crippen molar-refractivity contribution in [2.24, 2.45) is 0 Å². The number of methoxy groups -OCH3 is 2. The van der Waals surface area contributed by atoms with Crippen molar-refractivity contribution in [1.82, 2.24) is 9.78 Å². The Morgan fingerprint density at radius 1 is 1.04 bits per heavy atom. The number of halogens is 3. The number of rotatable bonds is 4. The first-order valence-corrected chi connectivity index (χ1v) is 8.69. The second-order valence-electron chi connectivity index (χ2n) is 6.35. The van der Waals surface area contributed by atoms with Gasteiger partial charge in [-0.2, -0.15) is 18.3 Å². The van der Waals surface area contributed by atoms with Crippen LogP contribution >= 0.6 is 0 Å². The Labute approximate surface area is 159 Å². The zero-order chi connectivity index (χ0) is 19.9. The van der Waals surface area contributed by atoms with Gasteiger partial charge in [0.1, 0.15) is 23.0 Å². The highest BCUT2D eigenvalue weighted by Gasteiger charge is 2.32. The molecule has 2 heterocycles. The van der Waals surface area contributed by atoms with Crippen molar-refractivity contribution in [1.29, 1.82) is 0 Å². The summed E-state index contributed by atoms with van der Waals surface area (Å²) in [6.45, 7) is 0.677. The van der Waals surface area contributed by atoms with Crippen molar-refractivity contribution < 1.29 is 22.6 Å². The first kappa shape index (κ1) is 18.2. The van der Waals surface area contributed by atoms with E-state index in [0.29, 0.717) is 47.2 Å². The predicted molar refractivity (Wildman–Crippen MR) is 99.3 cm³/mol. The fourth-order valence-electron chi connectivity index (χ4n) is 3.46. The Bertz CT molecular complexity index is 1010. The van der Waals surface area contributed by atoms with E-state index < -0.39 is 11.7 Å². The molecule has 3 aromatic rings. The molecule has 0 radical (unpaired) electrons. The molecule has 8 heteroatoms. The maximum Gasteiger partial charge on any atom is 0.416 e. The summed E-state index contributed by atoms with van der Waals surface area (Å²) in [5.74, 6) is 1.85. The van der Waals surface area contributed by atoms with Crippen LogP contribution in [-0.2, 0) is 12.6 Å². The summed E-state index contributed by atoms with van der Waals surface area (Å²) in [4.78, 5) is 0. The van der Waals surface area contributed by atoms with Gasteiger partial charge in [0.15, 0.2) is 0 Å². The molecule has 0 unspecified atom stereocenters. The van der Waals surface area contributed by atoms with Crippen LogP contribution in [0.1, 0.15) is 11.1 Å². The number of nitrogens with zero attached hydrogens (tertiary/aromatic N) is 2. The molecule has 5 nitrogen and oxygen atoms in total. The lowest BCUT2D eigenvalue weighted by Crippen LogP contribution is -2.08. The second-order valence-corrected chi connectivity index (χ2v) is 6.35. The highest BCUT2D eigenvalue weighted by Crippen LogP contribution is 2.43. The third-order valence-corrected chi connectivity index (χ3v) is 4.73. The molecule has 0 spiro atoms. The van der Waals surface area contributed by atoms with Crippen molar-refractivity contribution in [3.05, 3.63) is 53.6 Å². The number of anilines is 1. The molecular formula is C20H18F3N3O2. The molecule has 1 aliphatic heterocycles. The topological polar surface area (TPSA) is 48.3 Å². The Hall–Kier alpha value is -3.16. The average molecular weight is 389 g/mol. The molecule has 1 N–H and O–H groups in total. The monoisotopic (exact) mass is 389 g/mol. The van der Waals surface area contributed by atoms with Crippen LogP contribution in [0.2, 0.25) is 0 Å². The van der Waals surface area contributed by atoms with Gasteiger partial charge >= 0.3 is 6.18 Å². The van der Waals surface area contributed by atoms with E-state index in [1.165, 1.54) is 10.7 Å². The van der Waals surface area contributed by atoms with Gasteiger partial charge in [0, 0.05) is 12.1 Å². The number of nitrogens with one attached hydrogen (secondary N) is 1. The molecule has 0 saturated heterocycles. The van der Waals surface area contributed by atoms with Crippen LogP contribution in [0.5, 0.6) is 11.5 Å². The van der Waals surface area contributed by atoms with Crippen LogP contribution in [0.15, 0.2) is 42.5 Å². The molecular weight excluding hydrogens is 371 g/mol. The normalized spacial score (nSPS) is 13.2. The molecule has 0 bridgehead atoms. The quantitative estimate of drug-likeness (QED) is 0.712. The van der Waals surface area contributed by atoms with E-state index in [2.05, 4.69) is 10.4 Å². The molecule has 28 heavy (non-hydrogen) atoms. The molecule has 0 amide bonds. The number of ether oxygens (including phenoxy) is 2. The SMILES string of the molecule is COc1cccc(OC)c1-c1nn(-c2cccc(C(F)(F)F)c2)c2c1CCN2. The van der Waals surface area contributed by atoms with Gasteiger partial charge in [-0.25, -0.2) is 4.68 Å². The maximum absolute atomic E-state index is 13.1. The van der Waals surface area contributed by atoms with E-state index >= 15 is 0 Å². The fraction of sp³-hybridized carbons (Fsp3) is 0.250. The summed E-state index contributed by atoms with van der Waals surface area (Å²) >= 11 is 0. The number of aromatic nitrogens is 2. The minimum atomic E-state index is -4.42. The van der Waals surface area contributed by atoms with Gasteiger partial charge in [0.25, 0.3) is 0 Å². The molecule has 0 fully saturated rings. The van der Waals surface area contributed by atoms with Gasteiger partial charge in [0.05, 0.1) is 31.0 Å². The Balaban J connectivity index is 1.92. The van der Waals surface area contributed by atoms with Crippen molar-refractivity contribution in [3.63, 3.8) is 0 Å². The summed E-state index contributed by atoms with van der Waals surface area (Å²) in [6.07, 6.45) is -3.72. The molecule has 1 aromatic heterocycles. The lowest BCUT2D eigenvalue weighted by atomic mass is 10.0. The van der Waals surface area contributed by atoms with Gasteiger partial charge < -0.3 is 14.8 Å². The maximum atomic E-state index is 13.1. The minimum absolute atomic E-state index is 0.334. The molecule has 146 valence electrons. The summed E-state index contributed by atoms with van der Waals surface area (Å²) in [7, 11) is 3.11. The van der Waals surface area contributed by atoms with E-state index in [1.807, 2.05) is 6.07 Å². The summed E-state index contributed by atoms with van der Waals surface area (Å²) < 4.78 is 51.9. The largest absolute Gasteiger partial charge is 0.496 e. The number of benzene rings is 2. The first-order chi connectivity index (χ1) is 13.4. The van der Waals surface area contributed by atoms with Crippen LogP contribution < -0.4 is 14.8 Å². The fourth-order valence-corrected chi connectivity index (χ4v) is 3.46. The lowest BCUT2D eigenvalue weighted by Gasteiger charge is -2.12. The van der Waals surface area contributed by atoms with Crippen LogP contribution in [-0.4, -0.2) is 30.5 Å². The Kier molecular flexibility index (Phi) is 4.41. The van der Waals surface area contributed by atoms with Crippen LogP contribution in [0, 0.1) is 0 Å². The Morgan fingerprint density at radius 3 is 2.36 bits per heavy atom. The number of alkyl halides is 3. The molecule has 1 aliphatic rings. The van der Waals surface area contributed by atoms with Crippen molar-refractivity contribution in [3.8, 4) is 28.4 Å². The third-order valence-electron chi connectivity index (χ3n) is 4.73. The van der Waals surface area contributed by atoms with Gasteiger partial charge in [-0.3, -0.25) is 0 Å². The van der Waals surface area contributed by atoms with E-state index in [1.54, 1.807) is 32.4 Å². The predicted octanol–water partition coefficient (Wildman–Crippen LogP) is 4.54. The third kappa shape index (κ3) is 2.94. The highest BCUT2D eigenvalue weighted by molar-refractivity contribution is 5.81. The number of hydrogen-bond acceptors (Lipinski definition) is 4. The van der Waals surface area contributed by atoms with Crippen molar-refractivity contribution in [2.45, 2.75) is 12.6 Å². The van der Waals surface area contributed by atoms with Gasteiger partial charge in [-0.15, -0.1) is 0 Å². The molecule has 0 aliphatic carbocycles. The van der Waals surface area contributed by atoms with E-state index in [0.717, 1.165) is 17.7 Å². The summed E-state index contributed by atoms with van der Waals surface area (Å²) in [6, 6.07) is 10.5. The van der Waals surface area contributed by atoms with Gasteiger partial charge in [-0.05, 0) is 36.8 Å². The first-order valence-electron chi connectivity index (χ1n) is 8.69. The lowest BCUT2D eigenvalue weighted by molar-refractivity contribution is -0.137. The van der Waals surface area contributed by atoms with E-state index in [4.69, 9.17) is 9.47 Å². The standard InChI is InChI=1S/C20H18F3N3O2/c1-27-15-7-4-8-16(28-2)17(15)18-14-9-10-24-19(14)26(25-18)13-6-3-5-12(11-13)20(21,22)23/h3-8,11,24H,9-10H2,1-2H3. The Morgan fingerprint density at radius 2 is 1.71 bits per heavy atom. The highest BCUT2D eigenvalue weighted by atomic mass is 19.4. The molecule has 0 atom stereocenters. The number of hydrogen-bond donors (Lipinski definition) is 1. The van der Waals surface area contributed by atoms with Crippen molar-refractivity contribution >= 4 is 5.82 Å². The van der Waals surface area contributed by atoms with Gasteiger partial charge in [-0.1, -0.05) is 12.1 Å².